The summed E-state index contributed by atoms with van der Waals surface area (Å²) < 4.78 is 20.2. The molecule has 0 spiro atoms. The molecule has 19 heavy (non-hydrogen) atoms. The molecule has 0 aliphatic rings. The molecule has 2 aromatic rings. The molecule has 0 radical (unpaired) electrons. The van der Waals surface area contributed by atoms with Crippen molar-refractivity contribution < 1.29 is 14.1 Å². The Hall–Kier alpha value is -1.22. The molecule has 98 valence electrons. The molecule has 2 aromatic carbocycles. The van der Waals surface area contributed by atoms with Gasteiger partial charge in [0.15, 0.2) is 11.6 Å². The molecule has 0 fully saturated rings. The number of rotatable bonds is 3. The number of nitro groups is 1. The summed E-state index contributed by atoms with van der Waals surface area (Å²) in [5.74, 6) is -0.655. The Kier molecular flexibility index (Phi) is 4.35. The quantitative estimate of drug-likeness (QED) is 0.390. The van der Waals surface area contributed by atoms with Crippen LogP contribution in [0.25, 0.3) is 0 Å². The van der Waals surface area contributed by atoms with E-state index in [0.29, 0.717) is 8.04 Å². The van der Waals surface area contributed by atoms with Crippen LogP contribution < -0.4 is 4.74 Å². The molecule has 0 amide bonds. The summed E-state index contributed by atoms with van der Waals surface area (Å²) in [6.07, 6.45) is 0. The summed E-state index contributed by atoms with van der Waals surface area (Å²) >= 11 is 5.14. The van der Waals surface area contributed by atoms with E-state index < -0.39 is 10.7 Å². The molecular weight excluding hydrogens is 432 g/mol. The maximum absolute atomic E-state index is 13.6. The van der Waals surface area contributed by atoms with Gasteiger partial charge in [-0.15, -0.1) is 0 Å². The first-order valence-electron chi connectivity index (χ1n) is 5.04. The van der Waals surface area contributed by atoms with Crippen LogP contribution in [0.3, 0.4) is 0 Å². The van der Waals surface area contributed by atoms with Crippen molar-refractivity contribution in [2.75, 3.05) is 0 Å². The zero-order valence-electron chi connectivity index (χ0n) is 9.27. The zero-order valence-corrected chi connectivity index (χ0v) is 13.0. The van der Waals surface area contributed by atoms with Gasteiger partial charge in [-0.3, -0.25) is 10.1 Å². The molecule has 4 nitrogen and oxygen atoms in total. The molecule has 0 heterocycles. The Balaban J connectivity index is 2.43. The topological polar surface area (TPSA) is 52.4 Å². The number of nitrogens with zero attached hydrogens (tertiary/aromatic N) is 1. The van der Waals surface area contributed by atoms with Crippen LogP contribution in [-0.4, -0.2) is 4.92 Å². The number of ether oxygens (including phenoxy) is 1. The average Bonchev–Trinajstić information content (AvgIpc) is 2.35. The van der Waals surface area contributed by atoms with Crippen LogP contribution in [0.15, 0.2) is 40.9 Å². The first-order valence-corrected chi connectivity index (χ1v) is 6.91. The summed E-state index contributed by atoms with van der Waals surface area (Å²) in [6.45, 7) is 0. The number of nitro benzene ring substituents is 1. The van der Waals surface area contributed by atoms with Crippen molar-refractivity contribution >= 4 is 44.2 Å². The molecule has 0 saturated carbocycles. The van der Waals surface area contributed by atoms with Crippen molar-refractivity contribution in [3.63, 3.8) is 0 Å². The van der Waals surface area contributed by atoms with Crippen molar-refractivity contribution in [2.24, 2.45) is 0 Å². The SMILES string of the molecule is O=[N+]([O-])c1cc(I)ccc1Oc1cc(Br)ccc1F. The lowest BCUT2D eigenvalue weighted by Gasteiger charge is -2.07. The molecule has 0 bridgehead atoms. The Bertz CT molecular complexity index is 651. The van der Waals surface area contributed by atoms with Crippen molar-refractivity contribution in [3.8, 4) is 11.5 Å². The summed E-state index contributed by atoms with van der Waals surface area (Å²) in [5.41, 5.74) is -0.203. The molecule has 0 unspecified atom stereocenters. The van der Waals surface area contributed by atoms with E-state index in [1.165, 1.54) is 30.3 Å². The Morgan fingerprint density at radius 1 is 1.21 bits per heavy atom. The van der Waals surface area contributed by atoms with Gasteiger partial charge in [0.2, 0.25) is 5.75 Å². The summed E-state index contributed by atoms with van der Waals surface area (Å²) in [4.78, 5) is 10.4. The van der Waals surface area contributed by atoms with Gasteiger partial charge in [0.25, 0.3) is 0 Å². The lowest BCUT2D eigenvalue weighted by atomic mass is 10.3. The fourth-order valence-corrected chi connectivity index (χ4v) is 2.21. The molecule has 0 aromatic heterocycles. The third kappa shape index (κ3) is 3.41. The standard InChI is InChI=1S/C12H6BrFINO3/c13-7-1-3-9(14)12(5-7)19-11-4-2-8(15)6-10(11)16(17)18/h1-6H. The Morgan fingerprint density at radius 3 is 2.63 bits per heavy atom. The number of hydrogen-bond acceptors (Lipinski definition) is 3. The van der Waals surface area contributed by atoms with Crippen LogP contribution >= 0.6 is 38.5 Å². The minimum Gasteiger partial charge on any atom is -0.447 e. The minimum absolute atomic E-state index is 0.00224. The highest BCUT2D eigenvalue weighted by atomic mass is 127. The van der Waals surface area contributed by atoms with E-state index in [4.69, 9.17) is 4.74 Å². The van der Waals surface area contributed by atoms with Crippen LogP contribution in [0.1, 0.15) is 0 Å². The molecule has 0 atom stereocenters. The van der Waals surface area contributed by atoms with Gasteiger partial charge < -0.3 is 4.74 Å². The number of halogens is 3. The van der Waals surface area contributed by atoms with E-state index in [-0.39, 0.29) is 17.2 Å². The first kappa shape index (κ1) is 14.2. The molecule has 0 aliphatic carbocycles. The van der Waals surface area contributed by atoms with E-state index in [9.17, 15) is 14.5 Å². The third-order valence-corrected chi connectivity index (χ3v) is 3.40. The van der Waals surface area contributed by atoms with Gasteiger partial charge in [-0.2, -0.15) is 0 Å². The van der Waals surface area contributed by atoms with Crippen LogP contribution in [0, 0.1) is 19.5 Å². The lowest BCUT2D eigenvalue weighted by Crippen LogP contribution is -1.95. The Morgan fingerprint density at radius 2 is 1.95 bits per heavy atom. The summed E-state index contributed by atoms with van der Waals surface area (Å²) in [7, 11) is 0. The summed E-state index contributed by atoms with van der Waals surface area (Å²) in [6, 6.07) is 8.62. The maximum atomic E-state index is 13.6. The molecule has 0 saturated heterocycles. The minimum atomic E-state index is -0.587. The second-order valence-corrected chi connectivity index (χ2v) is 5.71. The molecule has 0 N–H and O–H groups in total. The number of benzene rings is 2. The second-order valence-electron chi connectivity index (χ2n) is 3.55. The van der Waals surface area contributed by atoms with E-state index in [0.717, 1.165) is 0 Å². The van der Waals surface area contributed by atoms with Crippen molar-refractivity contribution in [2.45, 2.75) is 0 Å². The fourth-order valence-electron chi connectivity index (χ4n) is 1.39. The zero-order chi connectivity index (χ0) is 14.0. The predicted octanol–water partition coefficient (Wildman–Crippen LogP) is 4.89. The molecule has 0 aliphatic heterocycles. The maximum Gasteiger partial charge on any atom is 0.312 e. The highest BCUT2D eigenvalue weighted by Gasteiger charge is 2.17. The largest absolute Gasteiger partial charge is 0.447 e. The molecule has 2 rings (SSSR count). The molecular formula is C12H6BrFINO3. The van der Waals surface area contributed by atoms with Crippen LogP contribution in [0.5, 0.6) is 11.5 Å². The molecule has 7 heteroatoms. The average molecular weight is 438 g/mol. The van der Waals surface area contributed by atoms with Gasteiger partial charge in [-0.1, -0.05) is 15.9 Å². The van der Waals surface area contributed by atoms with Crippen molar-refractivity contribution in [1.29, 1.82) is 0 Å². The lowest BCUT2D eigenvalue weighted by molar-refractivity contribution is -0.385. The monoisotopic (exact) mass is 437 g/mol. The van der Waals surface area contributed by atoms with Gasteiger partial charge in [0, 0.05) is 14.1 Å². The van der Waals surface area contributed by atoms with Crippen LogP contribution in [0.2, 0.25) is 0 Å². The van der Waals surface area contributed by atoms with Crippen molar-refractivity contribution in [1.82, 2.24) is 0 Å². The van der Waals surface area contributed by atoms with E-state index in [1.807, 2.05) is 22.6 Å². The van der Waals surface area contributed by atoms with Gasteiger partial charge in [-0.05, 0) is 52.9 Å². The van der Waals surface area contributed by atoms with Gasteiger partial charge >= 0.3 is 5.69 Å². The normalized spacial score (nSPS) is 10.3. The third-order valence-electron chi connectivity index (χ3n) is 2.23. The van der Waals surface area contributed by atoms with Crippen LogP contribution in [-0.2, 0) is 0 Å². The number of hydrogen-bond donors (Lipinski definition) is 0. The van der Waals surface area contributed by atoms with E-state index in [2.05, 4.69) is 15.9 Å². The van der Waals surface area contributed by atoms with Gasteiger partial charge in [-0.25, -0.2) is 4.39 Å². The first-order chi connectivity index (χ1) is 8.97. The fraction of sp³-hybridized carbons (Fsp3) is 0. The van der Waals surface area contributed by atoms with Crippen molar-refractivity contribution in [3.05, 3.63) is 60.4 Å². The highest BCUT2D eigenvalue weighted by molar-refractivity contribution is 14.1. The van der Waals surface area contributed by atoms with Gasteiger partial charge in [0.1, 0.15) is 0 Å². The predicted molar refractivity (Wildman–Crippen MR) is 80.0 cm³/mol. The Labute approximate surface area is 130 Å². The van der Waals surface area contributed by atoms with E-state index >= 15 is 0 Å². The highest BCUT2D eigenvalue weighted by Crippen LogP contribution is 2.34. The smallest absolute Gasteiger partial charge is 0.312 e. The van der Waals surface area contributed by atoms with Crippen LogP contribution in [0.4, 0.5) is 10.1 Å². The second kappa shape index (κ2) is 5.83. The van der Waals surface area contributed by atoms with E-state index in [1.54, 1.807) is 6.07 Å². The summed E-state index contributed by atoms with van der Waals surface area (Å²) in [5, 5.41) is 10.9. The van der Waals surface area contributed by atoms with Gasteiger partial charge in [0.05, 0.1) is 4.92 Å².